The number of nitrogens with one attached hydrogen (secondary N) is 2. The number of aliphatic hydroxyl groups excluding tert-OH is 1. The smallest absolute Gasteiger partial charge is 0.311 e. The van der Waals surface area contributed by atoms with Crippen molar-refractivity contribution in [3.63, 3.8) is 0 Å². The third kappa shape index (κ3) is 3.46. The van der Waals surface area contributed by atoms with Crippen LogP contribution in [0.2, 0.25) is 0 Å². The second-order valence-corrected chi connectivity index (χ2v) is 3.80. The molecule has 2 amide bonds. The lowest BCUT2D eigenvalue weighted by molar-refractivity contribution is -0.146. The van der Waals surface area contributed by atoms with E-state index in [4.69, 9.17) is 5.11 Å². The molecule has 1 rings (SSSR count). The van der Waals surface area contributed by atoms with Crippen LogP contribution in [0.15, 0.2) is 0 Å². The third-order valence-corrected chi connectivity index (χ3v) is 2.65. The number of carbonyl (C=O) groups is 2. The van der Waals surface area contributed by atoms with Crippen molar-refractivity contribution in [3.8, 4) is 0 Å². The quantitative estimate of drug-likeness (QED) is 0.504. The summed E-state index contributed by atoms with van der Waals surface area (Å²) in [4.78, 5) is 24.7. The number of nitrogens with zero attached hydrogens (tertiary/aromatic N) is 1. The second kappa shape index (κ2) is 6.44. The highest BCUT2D eigenvalue weighted by Gasteiger charge is 2.24. The van der Waals surface area contributed by atoms with Crippen LogP contribution in [0.5, 0.6) is 0 Å². The average molecular weight is 229 g/mol. The van der Waals surface area contributed by atoms with E-state index in [0.29, 0.717) is 19.5 Å². The zero-order valence-electron chi connectivity index (χ0n) is 9.53. The molecule has 0 aromatic carbocycles. The molecule has 1 heterocycles. The van der Waals surface area contributed by atoms with E-state index >= 15 is 0 Å². The molecule has 16 heavy (non-hydrogen) atoms. The van der Waals surface area contributed by atoms with Gasteiger partial charge in [0.2, 0.25) is 0 Å². The fraction of sp³-hybridized carbons (Fsp3) is 0.800. The maximum atomic E-state index is 11.7. The van der Waals surface area contributed by atoms with Crippen molar-refractivity contribution in [3.05, 3.63) is 0 Å². The number of rotatable bonds is 3. The molecule has 0 radical (unpaired) electrons. The first-order valence-electron chi connectivity index (χ1n) is 5.60. The number of piperazine rings is 1. The molecule has 6 heteroatoms. The normalized spacial score (nSPS) is 18.0. The highest BCUT2D eigenvalue weighted by molar-refractivity contribution is 6.35. The summed E-state index contributed by atoms with van der Waals surface area (Å²) in [6.45, 7) is 4.25. The number of aliphatic hydroxyl groups is 1. The van der Waals surface area contributed by atoms with Crippen LogP contribution in [0.1, 0.15) is 13.3 Å². The van der Waals surface area contributed by atoms with Crippen molar-refractivity contribution in [1.29, 1.82) is 0 Å². The predicted octanol–water partition coefficient (Wildman–Crippen LogP) is -1.69. The van der Waals surface area contributed by atoms with E-state index < -0.39 is 11.8 Å². The summed E-state index contributed by atoms with van der Waals surface area (Å²) in [5.74, 6) is -1.13. The van der Waals surface area contributed by atoms with E-state index in [-0.39, 0.29) is 12.6 Å². The first kappa shape index (κ1) is 12.9. The SMILES string of the molecule is CCC(CO)NC(=O)C(=O)N1CCNCC1. The molecule has 0 saturated carbocycles. The van der Waals surface area contributed by atoms with Gasteiger partial charge in [-0.25, -0.2) is 0 Å². The van der Waals surface area contributed by atoms with Crippen molar-refractivity contribution >= 4 is 11.8 Å². The Balaban J connectivity index is 2.43. The lowest BCUT2D eigenvalue weighted by atomic mass is 10.2. The Morgan fingerprint density at radius 1 is 1.44 bits per heavy atom. The zero-order chi connectivity index (χ0) is 12.0. The molecule has 6 nitrogen and oxygen atoms in total. The molecule has 1 saturated heterocycles. The molecule has 1 aliphatic rings. The third-order valence-electron chi connectivity index (χ3n) is 2.65. The Labute approximate surface area is 95.0 Å². The topological polar surface area (TPSA) is 81.7 Å². The van der Waals surface area contributed by atoms with Gasteiger partial charge in [0, 0.05) is 26.2 Å². The standard InChI is InChI=1S/C10H19N3O3/c1-2-8(7-14)12-9(15)10(16)13-5-3-11-4-6-13/h8,11,14H,2-7H2,1H3,(H,12,15). The van der Waals surface area contributed by atoms with Crippen LogP contribution in [-0.2, 0) is 9.59 Å². The van der Waals surface area contributed by atoms with E-state index in [0.717, 1.165) is 13.1 Å². The first-order chi connectivity index (χ1) is 7.69. The van der Waals surface area contributed by atoms with Crippen molar-refractivity contribution in [2.24, 2.45) is 0 Å². The van der Waals surface area contributed by atoms with Crippen molar-refractivity contribution in [2.75, 3.05) is 32.8 Å². The van der Waals surface area contributed by atoms with Crippen molar-refractivity contribution < 1.29 is 14.7 Å². The fourth-order valence-corrected chi connectivity index (χ4v) is 1.54. The maximum absolute atomic E-state index is 11.7. The molecular formula is C10H19N3O3. The number of hydrogen-bond donors (Lipinski definition) is 3. The molecule has 0 aromatic heterocycles. The molecule has 1 fully saturated rings. The summed E-state index contributed by atoms with van der Waals surface area (Å²) in [5, 5.41) is 14.5. The van der Waals surface area contributed by atoms with Crippen molar-refractivity contribution in [2.45, 2.75) is 19.4 Å². The molecule has 92 valence electrons. The molecule has 0 bridgehead atoms. The molecule has 3 N–H and O–H groups in total. The van der Waals surface area contributed by atoms with Gasteiger partial charge in [0.15, 0.2) is 0 Å². The van der Waals surface area contributed by atoms with Crippen LogP contribution >= 0.6 is 0 Å². The number of carbonyl (C=O) groups excluding carboxylic acids is 2. The van der Waals surface area contributed by atoms with Gasteiger partial charge >= 0.3 is 11.8 Å². The van der Waals surface area contributed by atoms with Gasteiger partial charge in [-0.1, -0.05) is 6.92 Å². The van der Waals surface area contributed by atoms with Crippen molar-refractivity contribution in [1.82, 2.24) is 15.5 Å². The first-order valence-corrected chi connectivity index (χ1v) is 5.60. The van der Waals surface area contributed by atoms with E-state index in [1.54, 1.807) is 0 Å². The minimum absolute atomic E-state index is 0.142. The lowest BCUT2D eigenvalue weighted by Crippen LogP contribution is -2.53. The van der Waals surface area contributed by atoms with Crippen LogP contribution < -0.4 is 10.6 Å². The van der Waals surface area contributed by atoms with Gasteiger partial charge in [-0.15, -0.1) is 0 Å². The Kier molecular flexibility index (Phi) is 5.21. The van der Waals surface area contributed by atoms with Gasteiger partial charge in [0.1, 0.15) is 0 Å². The fourth-order valence-electron chi connectivity index (χ4n) is 1.54. The number of hydrogen-bond acceptors (Lipinski definition) is 4. The maximum Gasteiger partial charge on any atom is 0.311 e. The van der Waals surface area contributed by atoms with E-state index in [1.807, 2.05) is 6.92 Å². The van der Waals surface area contributed by atoms with Gasteiger partial charge < -0.3 is 20.6 Å². The summed E-state index contributed by atoms with van der Waals surface area (Å²) < 4.78 is 0. The molecule has 1 atom stereocenters. The Morgan fingerprint density at radius 3 is 2.56 bits per heavy atom. The van der Waals surface area contributed by atoms with Crippen LogP contribution in [0.25, 0.3) is 0 Å². The lowest BCUT2D eigenvalue weighted by Gasteiger charge is -2.27. The van der Waals surface area contributed by atoms with Gasteiger partial charge in [0.25, 0.3) is 0 Å². The van der Waals surface area contributed by atoms with Crippen LogP contribution in [0, 0.1) is 0 Å². The van der Waals surface area contributed by atoms with Crippen LogP contribution in [0.4, 0.5) is 0 Å². The largest absolute Gasteiger partial charge is 0.394 e. The van der Waals surface area contributed by atoms with Gasteiger partial charge in [0.05, 0.1) is 12.6 Å². The van der Waals surface area contributed by atoms with Crippen LogP contribution in [-0.4, -0.2) is 60.6 Å². The average Bonchev–Trinajstić information content (AvgIpc) is 2.35. The summed E-state index contributed by atoms with van der Waals surface area (Å²) in [6.07, 6.45) is 0.608. The minimum Gasteiger partial charge on any atom is -0.394 e. The zero-order valence-corrected chi connectivity index (χ0v) is 9.53. The van der Waals surface area contributed by atoms with Gasteiger partial charge in [-0.3, -0.25) is 9.59 Å². The highest BCUT2D eigenvalue weighted by atomic mass is 16.3. The Hall–Kier alpha value is -1.14. The predicted molar refractivity (Wildman–Crippen MR) is 58.8 cm³/mol. The van der Waals surface area contributed by atoms with E-state index in [9.17, 15) is 9.59 Å². The van der Waals surface area contributed by atoms with E-state index in [2.05, 4.69) is 10.6 Å². The Morgan fingerprint density at radius 2 is 2.06 bits per heavy atom. The molecular weight excluding hydrogens is 210 g/mol. The summed E-state index contributed by atoms with van der Waals surface area (Å²) in [6, 6.07) is -0.334. The van der Waals surface area contributed by atoms with Gasteiger partial charge in [-0.05, 0) is 6.42 Å². The summed E-state index contributed by atoms with van der Waals surface area (Å²) >= 11 is 0. The van der Waals surface area contributed by atoms with Gasteiger partial charge in [-0.2, -0.15) is 0 Å². The molecule has 0 spiro atoms. The Bertz CT molecular complexity index is 248. The molecule has 0 aliphatic carbocycles. The van der Waals surface area contributed by atoms with E-state index in [1.165, 1.54) is 4.90 Å². The summed E-state index contributed by atoms with van der Waals surface area (Å²) in [5.41, 5.74) is 0. The molecule has 0 aromatic rings. The van der Waals surface area contributed by atoms with Crippen LogP contribution in [0.3, 0.4) is 0 Å². The monoisotopic (exact) mass is 229 g/mol. The highest BCUT2D eigenvalue weighted by Crippen LogP contribution is 1.95. The molecule has 1 unspecified atom stereocenters. The molecule has 1 aliphatic heterocycles. The number of amides is 2. The second-order valence-electron chi connectivity index (χ2n) is 3.80. The minimum atomic E-state index is -0.622. The summed E-state index contributed by atoms with van der Waals surface area (Å²) in [7, 11) is 0.